The Bertz CT molecular complexity index is 234. The van der Waals surface area contributed by atoms with E-state index < -0.39 is 0 Å². The second-order valence-electron chi connectivity index (χ2n) is 5.42. The Morgan fingerprint density at radius 3 is 2.44 bits per heavy atom. The summed E-state index contributed by atoms with van der Waals surface area (Å²) in [5, 5.41) is 3.42. The van der Waals surface area contributed by atoms with Crippen LogP contribution < -0.4 is 5.32 Å². The summed E-state index contributed by atoms with van der Waals surface area (Å²) in [4.78, 5) is 4.94. The van der Waals surface area contributed by atoms with E-state index in [2.05, 4.69) is 22.2 Å². The third-order valence-electron chi connectivity index (χ3n) is 4.25. The largest absolute Gasteiger partial charge is 0.353 e. The predicted molar refractivity (Wildman–Crippen MR) is 63.3 cm³/mol. The number of hydrogen-bond acceptors (Lipinski definition) is 4. The molecule has 0 aliphatic carbocycles. The summed E-state index contributed by atoms with van der Waals surface area (Å²) in [6, 6.07) is 0. The van der Waals surface area contributed by atoms with Gasteiger partial charge >= 0.3 is 0 Å². The zero-order chi connectivity index (χ0) is 11.0. The Balaban J connectivity index is 1.47. The summed E-state index contributed by atoms with van der Waals surface area (Å²) in [6.07, 6.45) is 3.60. The maximum Gasteiger partial charge on any atom is 0.138 e. The van der Waals surface area contributed by atoms with Crippen molar-refractivity contribution < 1.29 is 4.74 Å². The van der Waals surface area contributed by atoms with Crippen molar-refractivity contribution in [3.63, 3.8) is 0 Å². The van der Waals surface area contributed by atoms with Gasteiger partial charge in [-0.15, -0.1) is 0 Å². The van der Waals surface area contributed by atoms with Crippen LogP contribution in [0, 0.1) is 5.92 Å². The Morgan fingerprint density at radius 2 is 1.75 bits per heavy atom. The smallest absolute Gasteiger partial charge is 0.138 e. The van der Waals surface area contributed by atoms with Crippen molar-refractivity contribution in [1.29, 1.82) is 0 Å². The summed E-state index contributed by atoms with van der Waals surface area (Å²) in [5.74, 6) is 0.811. The van der Waals surface area contributed by atoms with E-state index in [1.807, 2.05) is 0 Å². The molecule has 3 aliphatic heterocycles. The highest BCUT2D eigenvalue weighted by atomic mass is 16.6. The lowest BCUT2D eigenvalue weighted by atomic mass is 9.94. The van der Waals surface area contributed by atoms with Crippen LogP contribution >= 0.6 is 0 Å². The van der Waals surface area contributed by atoms with Crippen LogP contribution in [-0.4, -0.2) is 68.4 Å². The van der Waals surface area contributed by atoms with E-state index in [1.54, 1.807) is 0 Å². The topological polar surface area (TPSA) is 31.0 Å². The molecule has 1 N–H and O–H groups in total. The molecule has 2 unspecified atom stereocenters. The van der Waals surface area contributed by atoms with Gasteiger partial charge in [-0.25, -0.2) is 0 Å². The molecule has 16 heavy (non-hydrogen) atoms. The summed E-state index contributed by atoms with van der Waals surface area (Å²) >= 11 is 0. The quantitative estimate of drug-likeness (QED) is 0.668. The predicted octanol–water partition coefficient (Wildman–Crippen LogP) is -0.0417. The first kappa shape index (κ1) is 11.0. The normalized spacial score (nSPS) is 38.8. The number of piperidine rings is 1. The third kappa shape index (κ3) is 2.25. The Morgan fingerprint density at radius 1 is 1.06 bits per heavy atom. The molecular weight excluding hydrogens is 202 g/mol. The van der Waals surface area contributed by atoms with Gasteiger partial charge < -0.3 is 15.0 Å². The van der Waals surface area contributed by atoms with Crippen molar-refractivity contribution in [2.24, 2.45) is 5.92 Å². The minimum absolute atomic E-state index is 0.455. The fourth-order valence-electron chi connectivity index (χ4n) is 3.00. The Kier molecular flexibility index (Phi) is 3.16. The lowest BCUT2D eigenvalue weighted by Crippen LogP contribution is -2.46. The maximum absolute atomic E-state index is 5.91. The molecule has 3 rings (SSSR count). The van der Waals surface area contributed by atoms with Crippen molar-refractivity contribution in [2.45, 2.75) is 25.2 Å². The highest BCUT2D eigenvalue weighted by Gasteiger charge is 2.48. The summed E-state index contributed by atoms with van der Waals surface area (Å²) < 4.78 is 5.91. The molecule has 4 heteroatoms. The number of ether oxygens (including phenoxy) is 1. The zero-order valence-corrected chi connectivity index (χ0v) is 10.2. The first-order valence-electron chi connectivity index (χ1n) is 6.63. The molecule has 0 spiro atoms. The molecule has 3 saturated heterocycles. The fourth-order valence-corrected chi connectivity index (χ4v) is 3.00. The van der Waals surface area contributed by atoms with Gasteiger partial charge in [-0.1, -0.05) is 0 Å². The molecule has 0 bridgehead atoms. The molecule has 3 heterocycles. The molecule has 0 aromatic heterocycles. The molecule has 4 nitrogen and oxygen atoms in total. The molecule has 3 fully saturated rings. The number of piperazine rings is 1. The van der Waals surface area contributed by atoms with Gasteiger partial charge in [-0.05, 0) is 38.9 Å². The standard InChI is InChI=1S/C12H23N3O/c1-14-6-8-15(9-7-14)12-11(16-12)10-2-4-13-5-3-10/h10-13H,2-9H2,1H3. The van der Waals surface area contributed by atoms with E-state index in [-0.39, 0.29) is 0 Å². The molecular formula is C12H23N3O. The summed E-state index contributed by atoms with van der Waals surface area (Å²) in [6.45, 7) is 7.11. The molecule has 3 aliphatic rings. The van der Waals surface area contributed by atoms with Crippen LogP contribution in [0.5, 0.6) is 0 Å². The highest BCUT2D eigenvalue weighted by molar-refractivity contribution is 4.93. The SMILES string of the molecule is CN1CCN(C2OC2C2CCNCC2)CC1. The van der Waals surface area contributed by atoms with Gasteiger partial charge in [0.15, 0.2) is 0 Å². The molecule has 92 valence electrons. The number of hydrogen-bond donors (Lipinski definition) is 1. The van der Waals surface area contributed by atoms with Crippen LogP contribution in [0.1, 0.15) is 12.8 Å². The van der Waals surface area contributed by atoms with Crippen molar-refractivity contribution in [3.05, 3.63) is 0 Å². The van der Waals surface area contributed by atoms with Gasteiger partial charge in [0, 0.05) is 26.2 Å². The molecule has 0 aromatic carbocycles. The van der Waals surface area contributed by atoms with Gasteiger partial charge in [-0.2, -0.15) is 0 Å². The van der Waals surface area contributed by atoms with E-state index in [0.29, 0.717) is 12.3 Å². The lowest BCUT2D eigenvalue weighted by molar-refractivity contribution is 0.105. The first-order valence-corrected chi connectivity index (χ1v) is 6.63. The van der Waals surface area contributed by atoms with Gasteiger partial charge in [-0.3, -0.25) is 4.90 Å². The average molecular weight is 225 g/mol. The molecule has 0 saturated carbocycles. The Labute approximate surface area is 97.9 Å². The number of nitrogens with one attached hydrogen (secondary N) is 1. The molecule has 0 aromatic rings. The van der Waals surface area contributed by atoms with Crippen LogP contribution in [0.4, 0.5) is 0 Å². The van der Waals surface area contributed by atoms with Gasteiger partial charge in [0.25, 0.3) is 0 Å². The van der Waals surface area contributed by atoms with Crippen molar-refractivity contribution in [3.8, 4) is 0 Å². The molecule has 0 radical (unpaired) electrons. The zero-order valence-electron chi connectivity index (χ0n) is 10.2. The van der Waals surface area contributed by atoms with Crippen LogP contribution in [0.15, 0.2) is 0 Å². The van der Waals surface area contributed by atoms with Crippen LogP contribution in [-0.2, 0) is 4.74 Å². The lowest BCUT2D eigenvalue weighted by Gasteiger charge is -2.31. The first-order chi connectivity index (χ1) is 7.84. The number of epoxide rings is 1. The van der Waals surface area contributed by atoms with E-state index in [0.717, 1.165) is 5.92 Å². The van der Waals surface area contributed by atoms with E-state index in [9.17, 15) is 0 Å². The fraction of sp³-hybridized carbons (Fsp3) is 1.00. The van der Waals surface area contributed by atoms with Crippen LogP contribution in [0.2, 0.25) is 0 Å². The minimum atomic E-state index is 0.455. The van der Waals surface area contributed by atoms with Gasteiger partial charge in [0.2, 0.25) is 0 Å². The van der Waals surface area contributed by atoms with Crippen LogP contribution in [0.25, 0.3) is 0 Å². The maximum atomic E-state index is 5.91. The second-order valence-corrected chi connectivity index (χ2v) is 5.42. The van der Waals surface area contributed by atoms with Gasteiger partial charge in [0.1, 0.15) is 12.3 Å². The van der Waals surface area contributed by atoms with E-state index in [1.165, 1.54) is 52.1 Å². The summed E-state index contributed by atoms with van der Waals surface area (Å²) in [7, 11) is 2.20. The third-order valence-corrected chi connectivity index (χ3v) is 4.25. The van der Waals surface area contributed by atoms with Crippen LogP contribution in [0.3, 0.4) is 0 Å². The van der Waals surface area contributed by atoms with Crippen molar-refractivity contribution in [1.82, 2.24) is 15.1 Å². The van der Waals surface area contributed by atoms with Crippen molar-refractivity contribution in [2.75, 3.05) is 46.3 Å². The molecule has 2 atom stereocenters. The number of likely N-dealkylation sites (N-methyl/N-ethyl adjacent to an activating group) is 1. The highest BCUT2D eigenvalue weighted by Crippen LogP contribution is 2.36. The van der Waals surface area contributed by atoms with E-state index >= 15 is 0 Å². The number of nitrogens with zero attached hydrogens (tertiary/aromatic N) is 2. The summed E-state index contributed by atoms with van der Waals surface area (Å²) in [5.41, 5.74) is 0. The Hall–Kier alpha value is -0.160. The van der Waals surface area contributed by atoms with E-state index in [4.69, 9.17) is 4.74 Å². The molecule has 0 amide bonds. The van der Waals surface area contributed by atoms with Gasteiger partial charge in [0.05, 0.1) is 0 Å². The van der Waals surface area contributed by atoms with Crippen molar-refractivity contribution >= 4 is 0 Å². The minimum Gasteiger partial charge on any atom is -0.353 e. The second kappa shape index (κ2) is 4.61. The number of rotatable bonds is 2. The average Bonchev–Trinajstić information content (AvgIpc) is 3.11. The monoisotopic (exact) mass is 225 g/mol.